The molecule has 0 fully saturated rings. The number of hydrogen-bond acceptors (Lipinski definition) is 2. The lowest BCUT2D eigenvalue weighted by molar-refractivity contribution is 0.760. The SMILES string of the molecule is Cc1n[nH]c(C)c1NC1CCc2ccccc21. The van der Waals surface area contributed by atoms with Gasteiger partial charge < -0.3 is 5.32 Å². The number of rotatable bonds is 2. The molecule has 2 aromatic rings. The third-order valence-corrected chi connectivity index (χ3v) is 3.58. The van der Waals surface area contributed by atoms with Crippen LogP contribution in [0.15, 0.2) is 24.3 Å². The predicted octanol–water partition coefficient (Wildman–Crippen LogP) is 3.13. The number of nitrogens with zero attached hydrogens (tertiary/aromatic N) is 1. The molecule has 0 saturated carbocycles. The van der Waals surface area contributed by atoms with E-state index in [1.165, 1.54) is 24.0 Å². The zero-order valence-electron chi connectivity index (χ0n) is 10.2. The molecule has 1 aromatic carbocycles. The van der Waals surface area contributed by atoms with Crippen LogP contribution >= 0.6 is 0 Å². The number of aryl methyl sites for hydroxylation is 3. The Morgan fingerprint density at radius 1 is 1.29 bits per heavy atom. The van der Waals surface area contributed by atoms with Gasteiger partial charge in [0.15, 0.2) is 0 Å². The lowest BCUT2D eigenvalue weighted by atomic mass is 10.1. The van der Waals surface area contributed by atoms with Crippen molar-refractivity contribution in [2.75, 3.05) is 5.32 Å². The third kappa shape index (κ3) is 1.71. The van der Waals surface area contributed by atoms with E-state index in [4.69, 9.17) is 0 Å². The van der Waals surface area contributed by atoms with E-state index >= 15 is 0 Å². The van der Waals surface area contributed by atoms with Gasteiger partial charge in [-0.2, -0.15) is 5.10 Å². The molecular weight excluding hydrogens is 210 g/mol. The number of aromatic nitrogens is 2. The van der Waals surface area contributed by atoms with Crippen molar-refractivity contribution in [2.24, 2.45) is 0 Å². The Balaban J connectivity index is 1.89. The molecule has 3 heteroatoms. The van der Waals surface area contributed by atoms with Gasteiger partial charge >= 0.3 is 0 Å². The maximum absolute atomic E-state index is 4.23. The number of aromatic amines is 1. The third-order valence-electron chi connectivity index (χ3n) is 3.58. The fourth-order valence-corrected chi connectivity index (χ4v) is 2.64. The van der Waals surface area contributed by atoms with Crippen molar-refractivity contribution in [1.29, 1.82) is 0 Å². The second-order valence-electron chi connectivity index (χ2n) is 4.74. The smallest absolute Gasteiger partial charge is 0.0825 e. The molecule has 2 N–H and O–H groups in total. The van der Waals surface area contributed by atoms with Crippen molar-refractivity contribution in [3.63, 3.8) is 0 Å². The number of fused-ring (bicyclic) bond motifs is 1. The fourth-order valence-electron chi connectivity index (χ4n) is 2.64. The minimum Gasteiger partial charge on any atom is -0.375 e. The minimum atomic E-state index is 0.432. The zero-order chi connectivity index (χ0) is 11.8. The molecule has 1 unspecified atom stereocenters. The number of nitrogens with one attached hydrogen (secondary N) is 2. The molecule has 1 atom stereocenters. The van der Waals surface area contributed by atoms with Crippen LogP contribution in [-0.2, 0) is 6.42 Å². The molecule has 1 aliphatic carbocycles. The van der Waals surface area contributed by atoms with Crippen molar-refractivity contribution in [3.05, 3.63) is 46.8 Å². The molecular formula is C14H17N3. The number of anilines is 1. The van der Waals surface area contributed by atoms with E-state index in [1.807, 2.05) is 6.92 Å². The summed E-state index contributed by atoms with van der Waals surface area (Å²) in [5, 5.41) is 10.9. The summed E-state index contributed by atoms with van der Waals surface area (Å²) in [5.41, 5.74) is 6.24. The number of hydrogen-bond donors (Lipinski definition) is 2. The maximum Gasteiger partial charge on any atom is 0.0825 e. The van der Waals surface area contributed by atoms with E-state index in [0.29, 0.717) is 6.04 Å². The van der Waals surface area contributed by atoms with Gasteiger partial charge in [0.1, 0.15) is 0 Å². The van der Waals surface area contributed by atoms with Crippen LogP contribution in [0.2, 0.25) is 0 Å². The first kappa shape index (κ1) is 10.4. The lowest BCUT2D eigenvalue weighted by Crippen LogP contribution is -2.08. The summed E-state index contributed by atoms with van der Waals surface area (Å²) in [5.74, 6) is 0. The van der Waals surface area contributed by atoms with Crippen LogP contribution in [0.1, 0.15) is 35.0 Å². The second kappa shape index (κ2) is 3.91. The highest BCUT2D eigenvalue weighted by Gasteiger charge is 2.23. The summed E-state index contributed by atoms with van der Waals surface area (Å²) in [7, 11) is 0. The van der Waals surface area contributed by atoms with Crippen LogP contribution in [0.4, 0.5) is 5.69 Å². The second-order valence-corrected chi connectivity index (χ2v) is 4.74. The first-order chi connectivity index (χ1) is 8.25. The summed E-state index contributed by atoms with van der Waals surface area (Å²) in [4.78, 5) is 0. The minimum absolute atomic E-state index is 0.432. The summed E-state index contributed by atoms with van der Waals surface area (Å²) >= 11 is 0. The molecule has 0 radical (unpaired) electrons. The topological polar surface area (TPSA) is 40.7 Å². The van der Waals surface area contributed by atoms with Crippen LogP contribution in [0, 0.1) is 13.8 Å². The molecule has 0 spiro atoms. The fraction of sp³-hybridized carbons (Fsp3) is 0.357. The van der Waals surface area contributed by atoms with Crippen molar-refractivity contribution in [1.82, 2.24) is 10.2 Å². The van der Waals surface area contributed by atoms with E-state index < -0.39 is 0 Å². The van der Waals surface area contributed by atoms with Crippen LogP contribution < -0.4 is 5.32 Å². The van der Waals surface area contributed by atoms with E-state index in [0.717, 1.165) is 17.1 Å². The molecule has 17 heavy (non-hydrogen) atoms. The molecule has 88 valence electrons. The van der Waals surface area contributed by atoms with Gasteiger partial charge in [0, 0.05) is 0 Å². The first-order valence-corrected chi connectivity index (χ1v) is 6.11. The van der Waals surface area contributed by atoms with E-state index in [9.17, 15) is 0 Å². The van der Waals surface area contributed by atoms with Gasteiger partial charge in [-0.3, -0.25) is 5.10 Å². The zero-order valence-corrected chi connectivity index (χ0v) is 10.2. The van der Waals surface area contributed by atoms with Crippen LogP contribution in [0.5, 0.6) is 0 Å². The van der Waals surface area contributed by atoms with Crippen molar-refractivity contribution < 1.29 is 0 Å². The van der Waals surface area contributed by atoms with Crippen LogP contribution in [0.3, 0.4) is 0 Å². The van der Waals surface area contributed by atoms with Gasteiger partial charge in [0.25, 0.3) is 0 Å². The highest BCUT2D eigenvalue weighted by atomic mass is 15.2. The highest BCUT2D eigenvalue weighted by Crippen LogP contribution is 2.34. The Labute approximate surface area is 101 Å². The Hall–Kier alpha value is -1.77. The Bertz CT molecular complexity index is 523. The van der Waals surface area contributed by atoms with E-state index in [-0.39, 0.29) is 0 Å². The largest absolute Gasteiger partial charge is 0.375 e. The summed E-state index contributed by atoms with van der Waals surface area (Å²) < 4.78 is 0. The molecule has 3 rings (SSSR count). The molecule has 1 aliphatic rings. The van der Waals surface area contributed by atoms with Crippen molar-refractivity contribution in [3.8, 4) is 0 Å². The molecule has 1 aromatic heterocycles. The van der Waals surface area contributed by atoms with Crippen LogP contribution in [0.25, 0.3) is 0 Å². The van der Waals surface area contributed by atoms with Gasteiger partial charge in [-0.05, 0) is 37.8 Å². The highest BCUT2D eigenvalue weighted by molar-refractivity contribution is 5.54. The van der Waals surface area contributed by atoms with Gasteiger partial charge in [-0.15, -0.1) is 0 Å². The number of benzene rings is 1. The lowest BCUT2D eigenvalue weighted by Gasteiger charge is -2.15. The average Bonchev–Trinajstić information content (AvgIpc) is 2.88. The van der Waals surface area contributed by atoms with Gasteiger partial charge in [-0.1, -0.05) is 24.3 Å². The summed E-state index contributed by atoms with van der Waals surface area (Å²) in [6.45, 7) is 4.09. The predicted molar refractivity (Wildman–Crippen MR) is 69.2 cm³/mol. The molecule has 0 amide bonds. The monoisotopic (exact) mass is 227 g/mol. The van der Waals surface area contributed by atoms with E-state index in [1.54, 1.807) is 0 Å². The van der Waals surface area contributed by atoms with Crippen molar-refractivity contribution >= 4 is 5.69 Å². The van der Waals surface area contributed by atoms with Gasteiger partial charge in [-0.25, -0.2) is 0 Å². The Morgan fingerprint density at radius 2 is 2.12 bits per heavy atom. The molecule has 0 aliphatic heterocycles. The maximum atomic E-state index is 4.23. The number of H-pyrrole nitrogens is 1. The normalized spacial score (nSPS) is 18.1. The molecule has 0 bridgehead atoms. The summed E-state index contributed by atoms with van der Waals surface area (Å²) in [6, 6.07) is 9.13. The van der Waals surface area contributed by atoms with Crippen molar-refractivity contribution in [2.45, 2.75) is 32.7 Å². The first-order valence-electron chi connectivity index (χ1n) is 6.11. The standard InChI is InChI=1S/C14H17N3/c1-9-14(10(2)17-16-9)15-13-8-7-11-5-3-4-6-12(11)13/h3-6,13,15H,7-8H2,1-2H3,(H,16,17). The summed E-state index contributed by atoms with van der Waals surface area (Å²) in [6.07, 6.45) is 2.34. The Morgan fingerprint density at radius 3 is 2.88 bits per heavy atom. The van der Waals surface area contributed by atoms with Gasteiger partial charge in [0.2, 0.25) is 0 Å². The molecule has 0 saturated heterocycles. The average molecular weight is 227 g/mol. The molecule has 3 nitrogen and oxygen atoms in total. The van der Waals surface area contributed by atoms with Gasteiger partial charge in [0.05, 0.1) is 23.1 Å². The van der Waals surface area contributed by atoms with E-state index in [2.05, 4.69) is 46.7 Å². The molecule has 1 heterocycles. The quantitative estimate of drug-likeness (QED) is 0.827. The Kier molecular flexibility index (Phi) is 2.39. The van der Waals surface area contributed by atoms with Crippen LogP contribution in [-0.4, -0.2) is 10.2 Å².